The van der Waals surface area contributed by atoms with Gasteiger partial charge >= 0.3 is 11.9 Å². The molecule has 0 aliphatic carbocycles. The van der Waals surface area contributed by atoms with Crippen LogP contribution in [0.3, 0.4) is 0 Å². The Hall–Kier alpha value is -7.02. The van der Waals surface area contributed by atoms with Crippen LogP contribution in [-0.4, -0.2) is 33.3 Å². The number of carbonyl (C=O) groups excluding carboxylic acids is 1. The molecule has 8 rings (SSSR count). The van der Waals surface area contributed by atoms with E-state index in [1.807, 2.05) is 159 Å². The van der Waals surface area contributed by atoms with E-state index in [9.17, 15) is 14.7 Å². The Kier molecular flexibility index (Phi) is 14.3. The molecule has 2 aromatic heterocycles. The van der Waals surface area contributed by atoms with Crippen molar-refractivity contribution >= 4 is 55.2 Å². The number of hydrogen-bond acceptors (Lipinski definition) is 7. The molecule has 0 bridgehead atoms. The van der Waals surface area contributed by atoms with Gasteiger partial charge in [0.05, 0.1) is 29.6 Å². The van der Waals surface area contributed by atoms with E-state index in [0.29, 0.717) is 47.0 Å². The van der Waals surface area contributed by atoms with E-state index in [1.165, 1.54) is 7.11 Å². The number of hydrogen-bond donors (Lipinski definition) is 3. The molecule has 0 fully saturated rings. The summed E-state index contributed by atoms with van der Waals surface area (Å²) in [6.07, 6.45) is 0. The number of rotatable bonds is 12. The normalized spacial score (nSPS) is 10.8. The standard InChI is InChI=1S/C27H25BrN2O3.C26H23BrN2O3/c1-17-9-11-25(30(17)21-14-22(27(31)32-3)18(2)24(29)15-21)23-13-20(28)10-12-26(23)33-16-19-7-5-4-6-8-19;1-16-8-10-24(29(16)20-13-21(26(30)31)17(2)23(28)14-20)22-12-19(27)9-11-25(22)32-15-18-6-4-3-5-7-18/h4-15H,16,29H2,1-3H3;3-14H,15,28H2,1-2H3,(H,30,31). The molecule has 0 amide bonds. The Morgan fingerprint density at radius 2 is 0.969 bits per heavy atom. The van der Waals surface area contributed by atoms with Crippen molar-refractivity contribution in [2.75, 3.05) is 18.6 Å². The average Bonchev–Trinajstić information content (AvgIpc) is 3.89. The van der Waals surface area contributed by atoms with Gasteiger partial charge in [-0.15, -0.1) is 0 Å². The number of anilines is 2. The van der Waals surface area contributed by atoms with Crippen LogP contribution in [0.2, 0.25) is 0 Å². The van der Waals surface area contributed by atoms with E-state index >= 15 is 0 Å². The number of ether oxygens (including phenoxy) is 3. The molecule has 0 spiro atoms. The maximum atomic E-state index is 12.4. The zero-order valence-electron chi connectivity index (χ0n) is 36.6. The van der Waals surface area contributed by atoms with Crippen molar-refractivity contribution in [3.05, 3.63) is 199 Å². The molecule has 6 aromatic carbocycles. The monoisotopic (exact) mass is 994 g/mol. The number of nitrogens with two attached hydrogens (primary N) is 2. The first kappa shape index (κ1) is 46.0. The van der Waals surface area contributed by atoms with Crippen LogP contribution >= 0.6 is 31.9 Å². The van der Waals surface area contributed by atoms with E-state index in [-0.39, 0.29) is 5.56 Å². The Balaban J connectivity index is 0.000000194. The van der Waals surface area contributed by atoms with Gasteiger partial charge in [0.15, 0.2) is 0 Å². The van der Waals surface area contributed by atoms with Crippen LogP contribution in [0.4, 0.5) is 11.4 Å². The maximum Gasteiger partial charge on any atom is 0.338 e. The molecule has 10 nitrogen and oxygen atoms in total. The van der Waals surface area contributed by atoms with Gasteiger partial charge in [-0.2, -0.15) is 0 Å². The van der Waals surface area contributed by atoms with E-state index in [4.69, 9.17) is 25.7 Å². The van der Waals surface area contributed by atoms with Crippen LogP contribution in [0.15, 0.2) is 155 Å². The van der Waals surface area contributed by atoms with Gasteiger partial charge in [0.1, 0.15) is 24.7 Å². The predicted molar refractivity (Wildman–Crippen MR) is 265 cm³/mol. The highest BCUT2D eigenvalue weighted by Crippen LogP contribution is 2.39. The number of nitrogens with zero attached hydrogens (tertiary/aromatic N) is 2. The molecule has 0 saturated heterocycles. The lowest BCUT2D eigenvalue weighted by Crippen LogP contribution is -2.09. The van der Waals surface area contributed by atoms with Gasteiger partial charge in [0.25, 0.3) is 0 Å². The molecule has 0 radical (unpaired) electrons. The zero-order chi connectivity index (χ0) is 46.4. The van der Waals surface area contributed by atoms with Gasteiger partial charge in [0, 0.05) is 54.2 Å². The third kappa shape index (κ3) is 10.4. The molecule has 12 heteroatoms. The molecular weight excluding hydrogens is 948 g/mol. The molecule has 0 atom stereocenters. The van der Waals surface area contributed by atoms with Crippen molar-refractivity contribution in [3.8, 4) is 45.4 Å². The van der Waals surface area contributed by atoms with Crippen molar-refractivity contribution in [2.45, 2.75) is 40.9 Å². The highest BCUT2D eigenvalue weighted by Gasteiger charge is 2.21. The minimum absolute atomic E-state index is 0.189. The fourth-order valence-corrected chi connectivity index (χ4v) is 8.28. The largest absolute Gasteiger partial charge is 0.488 e. The number of nitrogen functional groups attached to an aromatic ring is 2. The van der Waals surface area contributed by atoms with Crippen molar-refractivity contribution in [1.29, 1.82) is 0 Å². The minimum Gasteiger partial charge on any atom is -0.488 e. The van der Waals surface area contributed by atoms with Gasteiger partial charge in [0.2, 0.25) is 0 Å². The molecule has 5 N–H and O–H groups in total. The highest BCUT2D eigenvalue weighted by molar-refractivity contribution is 9.10. The number of carboxylic acid groups (broad SMARTS) is 1. The lowest BCUT2D eigenvalue weighted by molar-refractivity contribution is 0.0599. The maximum absolute atomic E-state index is 12.4. The summed E-state index contributed by atoms with van der Waals surface area (Å²) in [5.74, 6) is 0.0723. The van der Waals surface area contributed by atoms with Gasteiger partial charge in [-0.05, 0) is 135 Å². The SMILES string of the molecule is COC(=O)c1cc(-n2c(C)ccc2-c2cc(Br)ccc2OCc2ccccc2)cc(N)c1C.Cc1c(N)cc(-n2c(C)ccc2-c2cc(Br)ccc2OCc2ccccc2)cc1C(=O)O. The quantitative estimate of drug-likeness (QED) is 0.0811. The fraction of sp³-hybridized carbons (Fsp3) is 0.132. The summed E-state index contributed by atoms with van der Waals surface area (Å²) in [5, 5.41) is 9.64. The number of aromatic nitrogens is 2. The third-order valence-electron chi connectivity index (χ3n) is 11.1. The summed E-state index contributed by atoms with van der Waals surface area (Å²) < 4.78 is 23.3. The Labute approximate surface area is 395 Å². The van der Waals surface area contributed by atoms with Crippen molar-refractivity contribution in [1.82, 2.24) is 9.13 Å². The number of carbonyl (C=O) groups is 2. The Morgan fingerprint density at radius 3 is 1.38 bits per heavy atom. The average molecular weight is 997 g/mol. The molecule has 65 heavy (non-hydrogen) atoms. The number of esters is 1. The van der Waals surface area contributed by atoms with Gasteiger partial charge < -0.3 is 39.9 Å². The van der Waals surface area contributed by atoms with E-state index < -0.39 is 11.9 Å². The predicted octanol–water partition coefficient (Wildman–Crippen LogP) is 12.9. The van der Waals surface area contributed by atoms with Crippen LogP contribution in [-0.2, 0) is 18.0 Å². The summed E-state index contributed by atoms with van der Waals surface area (Å²) >= 11 is 7.16. The molecule has 2 heterocycles. The number of methoxy groups -OCH3 is 1. The molecule has 0 aliphatic heterocycles. The summed E-state index contributed by atoms with van der Waals surface area (Å²) in [7, 11) is 1.37. The third-order valence-corrected chi connectivity index (χ3v) is 12.1. The smallest absolute Gasteiger partial charge is 0.338 e. The molecule has 0 saturated carbocycles. The summed E-state index contributed by atoms with van der Waals surface area (Å²) in [6, 6.07) is 47.1. The van der Waals surface area contributed by atoms with Crippen molar-refractivity contribution in [2.24, 2.45) is 0 Å². The second-order valence-electron chi connectivity index (χ2n) is 15.4. The first-order valence-corrected chi connectivity index (χ1v) is 22.2. The van der Waals surface area contributed by atoms with Gasteiger partial charge in [-0.25, -0.2) is 9.59 Å². The van der Waals surface area contributed by atoms with Crippen LogP contribution in [0.1, 0.15) is 54.4 Å². The summed E-state index contributed by atoms with van der Waals surface area (Å²) in [4.78, 5) is 24.1. The van der Waals surface area contributed by atoms with Crippen LogP contribution in [0.25, 0.3) is 33.9 Å². The molecule has 330 valence electrons. The number of aromatic carboxylic acids is 1. The summed E-state index contributed by atoms with van der Waals surface area (Å²) in [6.45, 7) is 8.42. The Bertz CT molecular complexity index is 3020. The fourth-order valence-electron chi connectivity index (χ4n) is 7.55. The topological polar surface area (TPSA) is 144 Å². The van der Waals surface area contributed by atoms with Gasteiger partial charge in [-0.3, -0.25) is 0 Å². The number of benzene rings is 6. The first-order chi connectivity index (χ1) is 31.2. The Morgan fingerprint density at radius 1 is 0.554 bits per heavy atom. The molecule has 0 aliphatic rings. The molecule has 8 aromatic rings. The molecular formula is C53H48Br2N4O6. The van der Waals surface area contributed by atoms with Gasteiger partial charge in [-0.1, -0.05) is 92.5 Å². The van der Waals surface area contributed by atoms with Crippen molar-refractivity contribution in [3.63, 3.8) is 0 Å². The highest BCUT2D eigenvalue weighted by atomic mass is 79.9. The minimum atomic E-state index is -1.00. The second-order valence-corrected chi connectivity index (χ2v) is 17.3. The number of aryl methyl sites for hydroxylation is 2. The zero-order valence-corrected chi connectivity index (χ0v) is 39.7. The molecule has 0 unspecified atom stereocenters. The summed E-state index contributed by atoms with van der Waals surface area (Å²) in [5.41, 5.74) is 24.5. The van der Waals surface area contributed by atoms with E-state index in [1.54, 1.807) is 19.1 Å². The van der Waals surface area contributed by atoms with E-state index in [2.05, 4.69) is 36.4 Å². The lowest BCUT2D eigenvalue weighted by atomic mass is 10.0. The number of halogens is 2. The van der Waals surface area contributed by atoms with Crippen LogP contribution < -0.4 is 20.9 Å². The van der Waals surface area contributed by atoms with Crippen LogP contribution in [0.5, 0.6) is 11.5 Å². The lowest BCUT2D eigenvalue weighted by Gasteiger charge is -2.18. The second kappa shape index (κ2) is 20.2. The van der Waals surface area contributed by atoms with E-state index in [0.717, 1.165) is 71.2 Å². The number of carboxylic acids is 1. The van der Waals surface area contributed by atoms with Crippen molar-refractivity contribution < 1.29 is 28.9 Å². The first-order valence-electron chi connectivity index (χ1n) is 20.7. The van der Waals surface area contributed by atoms with Crippen LogP contribution in [0, 0.1) is 27.7 Å².